The lowest BCUT2D eigenvalue weighted by molar-refractivity contribution is 0.0584. The van der Waals surface area contributed by atoms with Gasteiger partial charge in [-0.3, -0.25) is 0 Å². The Kier molecular flexibility index (Phi) is 3.62. The minimum absolute atomic E-state index is 0.170. The molecule has 1 aliphatic heterocycles. The number of aryl methyl sites for hydroxylation is 2. The van der Waals surface area contributed by atoms with Gasteiger partial charge < -0.3 is 10.5 Å². The molecule has 0 aromatic heterocycles. The zero-order valence-electron chi connectivity index (χ0n) is 10.2. The number of ether oxygens (including phenoxy) is 1. The minimum Gasteiger partial charge on any atom is -0.381 e. The van der Waals surface area contributed by atoms with Crippen LogP contribution in [0.5, 0.6) is 0 Å². The molecule has 2 heteroatoms. The lowest BCUT2D eigenvalue weighted by Gasteiger charge is -2.28. The second-order valence-corrected chi connectivity index (χ2v) is 4.82. The first-order valence-corrected chi connectivity index (χ1v) is 6.09. The van der Waals surface area contributed by atoms with Gasteiger partial charge in [-0.15, -0.1) is 0 Å². The lowest BCUT2D eigenvalue weighted by Crippen LogP contribution is -2.27. The Bertz CT molecular complexity index is 356. The van der Waals surface area contributed by atoms with Crippen molar-refractivity contribution in [3.8, 4) is 0 Å². The molecule has 0 saturated carbocycles. The van der Waals surface area contributed by atoms with Gasteiger partial charge in [0.05, 0.1) is 0 Å². The van der Waals surface area contributed by atoms with Crippen molar-refractivity contribution in [1.82, 2.24) is 0 Å². The first-order valence-electron chi connectivity index (χ1n) is 6.09. The van der Waals surface area contributed by atoms with Crippen molar-refractivity contribution < 1.29 is 4.74 Å². The van der Waals surface area contributed by atoms with Gasteiger partial charge in [-0.05, 0) is 49.3 Å². The Morgan fingerprint density at radius 2 is 1.88 bits per heavy atom. The highest BCUT2D eigenvalue weighted by molar-refractivity contribution is 5.31. The predicted molar refractivity (Wildman–Crippen MR) is 66.4 cm³/mol. The van der Waals surface area contributed by atoms with E-state index in [0.29, 0.717) is 5.92 Å². The smallest absolute Gasteiger partial charge is 0.0469 e. The molecule has 1 saturated heterocycles. The van der Waals surface area contributed by atoms with E-state index in [1.165, 1.54) is 16.7 Å². The summed E-state index contributed by atoms with van der Waals surface area (Å²) in [6.45, 7) is 6.01. The molecule has 0 radical (unpaired) electrons. The van der Waals surface area contributed by atoms with Gasteiger partial charge in [0.2, 0.25) is 0 Å². The first-order chi connectivity index (χ1) is 7.68. The molecule has 1 unspecified atom stereocenters. The summed E-state index contributed by atoms with van der Waals surface area (Å²) in [6.07, 6.45) is 2.18. The second kappa shape index (κ2) is 4.98. The third kappa shape index (κ3) is 2.45. The second-order valence-electron chi connectivity index (χ2n) is 4.82. The summed E-state index contributed by atoms with van der Waals surface area (Å²) >= 11 is 0. The fourth-order valence-electron chi connectivity index (χ4n) is 2.32. The fourth-order valence-corrected chi connectivity index (χ4v) is 2.32. The molecule has 0 bridgehead atoms. The summed E-state index contributed by atoms with van der Waals surface area (Å²) in [5.74, 6) is 0.579. The van der Waals surface area contributed by atoms with E-state index in [-0.39, 0.29) is 6.04 Å². The maximum atomic E-state index is 6.33. The molecule has 1 aliphatic rings. The average molecular weight is 219 g/mol. The summed E-state index contributed by atoms with van der Waals surface area (Å²) in [4.78, 5) is 0. The van der Waals surface area contributed by atoms with Crippen LogP contribution in [0.2, 0.25) is 0 Å². The Labute approximate surface area is 97.8 Å². The molecule has 1 atom stereocenters. The van der Waals surface area contributed by atoms with Crippen LogP contribution in [0.4, 0.5) is 0 Å². The van der Waals surface area contributed by atoms with Crippen LogP contribution in [0.3, 0.4) is 0 Å². The molecule has 0 amide bonds. The van der Waals surface area contributed by atoms with Crippen LogP contribution < -0.4 is 5.73 Å². The van der Waals surface area contributed by atoms with Crippen molar-refractivity contribution in [3.63, 3.8) is 0 Å². The van der Waals surface area contributed by atoms with Crippen LogP contribution in [0.15, 0.2) is 18.2 Å². The normalized spacial score (nSPS) is 19.7. The minimum atomic E-state index is 0.170. The molecular weight excluding hydrogens is 198 g/mol. The van der Waals surface area contributed by atoms with Crippen molar-refractivity contribution in [3.05, 3.63) is 34.9 Å². The zero-order valence-corrected chi connectivity index (χ0v) is 10.2. The molecule has 2 rings (SSSR count). The lowest BCUT2D eigenvalue weighted by atomic mass is 9.87. The van der Waals surface area contributed by atoms with E-state index in [0.717, 1.165) is 26.1 Å². The number of benzene rings is 1. The van der Waals surface area contributed by atoms with Gasteiger partial charge in [-0.1, -0.05) is 18.2 Å². The molecule has 0 spiro atoms. The van der Waals surface area contributed by atoms with Crippen LogP contribution in [-0.4, -0.2) is 13.2 Å². The van der Waals surface area contributed by atoms with E-state index in [1.54, 1.807) is 0 Å². The van der Waals surface area contributed by atoms with Crippen LogP contribution >= 0.6 is 0 Å². The Balaban J connectivity index is 2.12. The van der Waals surface area contributed by atoms with E-state index in [2.05, 4.69) is 32.0 Å². The predicted octanol–water partition coefficient (Wildman–Crippen LogP) is 2.73. The largest absolute Gasteiger partial charge is 0.381 e. The number of nitrogens with two attached hydrogens (primary N) is 1. The standard InChI is InChI=1S/C14H21NO/c1-10-3-4-13(9-11(10)2)14(15)12-5-7-16-8-6-12/h3-4,9,12,14H,5-8,15H2,1-2H3. The molecule has 0 aliphatic carbocycles. The molecule has 16 heavy (non-hydrogen) atoms. The van der Waals surface area contributed by atoms with Crippen molar-refractivity contribution in [2.45, 2.75) is 32.7 Å². The molecule has 2 nitrogen and oxygen atoms in total. The summed E-state index contributed by atoms with van der Waals surface area (Å²) in [6, 6.07) is 6.74. The van der Waals surface area contributed by atoms with Gasteiger partial charge in [-0.25, -0.2) is 0 Å². The van der Waals surface area contributed by atoms with E-state index in [1.807, 2.05) is 0 Å². The Hall–Kier alpha value is -0.860. The van der Waals surface area contributed by atoms with Crippen LogP contribution in [0.25, 0.3) is 0 Å². The summed E-state index contributed by atoms with van der Waals surface area (Å²) in [5, 5.41) is 0. The molecular formula is C14H21NO. The molecule has 2 N–H and O–H groups in total. The SMILES string of the molecule is Cc1ccc(C(N)C2CCOCC2)cc1C. The van der Waals surface area contributed by atoms with E-state index < -0.39 is 0 Å². The summed E-state index contributed by atoms with van der Waals surface area (Å²) in [7, 11) is 0. The van der Waals surface area contributed by atoms with Crippen molar-refractivity contribution in [2.75, 3.05) is 13.2 Å². The first kappa shape index (κ1) is 11.6. The van der Waals surface area contributed by atoms with Crippen LogP contribution in [0, 0.1) is 19.8 Å². The van der Waals surface area contributed by atoms with Crippen LogP contribution in [0.1, 0.15) is 35.6 Å². The van der Waals surface area contributed by atoms with Crippen molar-refractivity contribution in [1.29, 1.82) is 0 Å². The molecule has 1 heterocycles. The monoisotopic (exact) mass is 219 g/mol. The topological polar surface area (TPSA) is 35.2 Å². The Morgan fingerprint density at radius 3 is 2.50 bits per heavy atom. The maximum absolute atomic E-state index is 6.33. The zero-order chi connectivity index (χ0) is 11.5. The van der Waals surface area contributed by atoms with Gasteiger partial charge in [0.1, 0.15) is 0 Å². The summed E-state index contributed by atoms with van der Waals surface area (Å²) in [5.41, 5.74) is 10.3. The number of hydrogen-bond acceptors (Lipinski definition) is 2. The third-order valence-corrected chi connectivity index (χ3v) is 3.69. The molecule has 88 valence electrons. The van der Waals surface area contributed by atoms with E-state index >= 15 is 0 Å². The highest BCUT2D eigenvalue weighted by Crippen LogP contribution is 2.28. The molecule has 1 fully saturated rings. The van der Waals surface area contributed by atoms with Crippen LogP contribution in [-0.2, 0) is 4.74 Å². The highest BCUT2D eigenvalue weighted by atomic mass is 16.5. The number of rotatable bonds is 2. The van der Waals surface area contributed by atoms with Crippen molar-refractivity contribution in [2.24, 2.45) is 11.7 Å². The fraction of sp³-hybridized carbons (Fsp3) is 0.571. The van der Waals surface area contributed by atoms with E-state index in [9.17, 15) is 0 Å². The summed E-state index contributed by atoms with van der Waals surface area (Å²) < 4.78 is 5.37. The third-order valence-electron chi connectivity index (χ3n) is 3.69. The quantitative estimate of drug-likeness (QED) is 0.830. The van der Waals surface area contributed by atoms with Gasteiger partial charge in [0, 0.05) is 19.3 Å². The molecule has 1 aromatic carbocycles. The van der Waals surface area contributed by atoms with Gasteiger partial charge in [-0.2, -0.15) is 0 Å². The van der Waals surface area contributed by atoms with E-state index in [4.69, 9.17) is 10.5 Å². The maximum Gasteiger partial charge on any atom is 0.0469 e. The average Bonchev–Trinajstić information content (AvgIpc) is 2.33. The van der Waals surface area contributed by atoms with Gasteiger partial charge in [0.15, 0.2) is 0 Å². The van der Waals surface area contributed by atoms with Gasteiger partial charge in [0.25, 0.3) is 0 Å². The molecule has 1 aromatic rings. The van der Waals surface area contributed by atoms with Gasteiger partial charge >= 0.3 is 0 Å². The highest BCUT2D eigenvalue weighted by Gasteiger charge is 2.22. The Morgan fingerprint density at radius 1 is 1.19 bits per heavy atom. The van der Waals surface area contributed by atoms with Crippen molar-refractivity contribution >= 4 is 0 Å². The number of hydrogen-bond donors (Lipinski definition) is 1.